The molecule has 2 aromatic heterocycles. The fourth-order valence-corrected chi connectivity index (χ4v) is 4.58. The number of thioether (sulfide) groups is 1. The summed E-state index contributed by atoms with van der Waals surface area (Å²) >= 11 is 7.45. The van der Waals surface area contributed by atoms with Crippen molar-refractivity contribution >= 4 is 34.5 Å². The van der Waals surface area contributed by atoms with E-state index in [1.54, 1.807) is 7.05 Å². The lowest BCUT2D eigenvalue weighted by molar-refractivity contribution is -0.163. The van der Waals surface area contributed by atoms with Crippen LogP contribution in [0.3, 0.4) is 0 Å². The number of hydrogen-bond acceptors (Lipinski definition) is 6. The minimum Gasteiger partial charge on any atom is -0.353 e. The molecule has 32 heavy (non-hydrogen) atoms. The molecule has 1 fully saturated rings. The summed E-state index contributed by atoms with van der Waals surface area (Å²) < 4.78 is 15.9. The van der Waals surface area contributed by atoms with Gasteiger partial charge in [0.2, 0.25) is 0 Å². The third-order valence-electron chi connectivity index (χ3n) is 5.60. The van der Waals surface area contributed by atoms with Gasteiger partial charge in [-0.2, -0.15) is 0 Å². The molecule has 1 aliphatic heterocycles. The first-order valence-corrected chi connectivity index (χ1v) is 12.3. The van der Waals surface area contributed by atoms with E-state index >= 15 is 0 Å². The maximum Gasteiger partial charge on any atom is 0.332 e. The lowest BCUT2D eigenvalue weighted by atomic mass is 10.2. The van der Waals surface area contributed by atoms with Crippen molar-refractivity contribution in [1.29, 1.82) is 0 Å². The number of imidazole rings is 1. The highest BCUT2D eigenvalue weighted by molar-refractivity contribution is 7.98. The van der Waals surface area contributed by atoms with E-state index in [0.717, 1.165) is 31.4 Å². The molecule has 8 nitrogen and oxygen atoms in total. The first kappa shape index (κ1) is 23.1. The van der Waals surface area contributed by atoms with Crippen LogP contribution in [-0.4, -0.2) is 44.4 Å². The Balaban J connectivity index is 1.62. The largest absolute Gasteiger partial charge is 0.353 e. The van der Waals surface area contributed by atoms with E-state index in [1.165, 1.54) is 20.9 Å². The Morgan fingerprint density at radius 2 is 2.00 bits per heavy atom. The zero-order valence-electron chi connectivity index (χ0n) is 18.3. The fraction of sp³-hybridized carbons (Fsp3) is 0.500. The summed E-state index contributed by atoms with van der Waals surface area (Å²) in [5.74, 6) is 0. The average Bonchev–Trinajstić information content (AvgIpc) is 3.18. The van der Waals surface area contributed by atoms with Gasteiger partial charge in [-0.1, -0.05) is 35.5 Å². The Hall–Kier alpha value is -2.07. The van der Waals surface area contributed by atoms with Crippen LogP contribution in [0.2, 0.25) is 5.02 Å². The summed E-state index contributed by atoms with van der Waals surface area (Å²) in [6, 6.07) is 7.48. The van der Waals surface area contributed by atoms with Crippen LogP contribution in [0.15, 0.2) is 39.0 Å². The van der Waals surface area contributed by atoms with Crippen molar-refractivity contribution < 1.29 is 9.47 Å². The van der Waals surface area contributed by atoms with Gasteiger partial charge in [0.15, 0.2) is 22.6 Å². The van der Waals surface area contributed by atoms with Crippen molar-refractivity contribution in [3.8, 4) is 0 Å². The summed E-state index contributed by atoms with van der Waals surface area (Å²) in [6.45, 7) is 1.88. The highest BCUT2D eigenvalue weighted by atomic mass is 35.5. The minimum absolute atomic E-state index is 0.185. The molecule has 0 N–H and O–H groups in total. The highest BCUT2D eigenvalue weighted by Crippen LogP contribution is 2.21. The second-order valence-electron chi connectivity index (χ2n) is 7.80. The van der Waals surface area contributed by atoms with Gasteiger partial charge in [-0.3, -0.25) is 13.9 Å². The summed E-state index contributed by atoms with van der Waals surface area (Å²) in [4.78, 5) is 30.9. The lowest BCUT2D eigenvalue weighted by Gasteiger charge is -2.22. The van der Waals surface area contributed by atoms with Crippen LogP contribution < -0.4 is 11.2 Å². The summed E-state index contributed by atoms with van der Waals surface area (Å²) in [5.41, 5.74) is 1.09. The second-order valence-corrected chi connectivity index (χ2v) is 9.01. The fourth-order valence-electron chi connectivity index (χ4n) is 3.90. The predicted octanol–water partition coefficient (Wildman–Crippen LogP) is 3.25. The van der Waals surface area contributed by atoms with E-state index in [2.05, 4.69) is 4.98 Å². The number of fused-ring (bicyclic) bond motifs is 1. The van der Waals surface area contributed by atoms with Crippen molar-refractivity contribution in [2.75, 3.05) is 19.5 Å². The van der Waals surface area contributed by atoms with Crippen molar-refractivity contribution in [1.82, 2.24) is 18.7 Å². The lowest BCUT2D eigenvalue weighted by Crippen LogP contribution is -2.40. The van der Waals surface area contributed by atoms with E-state index in [9.17, 15) is 9.59 Å². The molecule has 0 bridgehead atoms. The molecule has 4 rings (SSSR count). The van der Waals surface area contributed by atoms with E-state index < -0.39 is 0 Å². The average molecular weight is 479 g/mol. The Kier molecular flexibility index (Phi) is 7.40. The molecular formula is C22H27ClN4O4S. The van der Waals surface area contributed by atoms with Crippen LogP contribution in [0.4, 0.5) is 0 Å². The molecule has 1 saturated heterocycles. The molecule has 3 heterocycles. The molecule has 1 aromatic carbocycles. The molecule has 1 aliphatic rings. The molecule has 0 spiro atoms. The van der Waals surface area contributed by atoms with Gasteiger partial charge >= 0.3 is 5.69 Å². The molecule has 0 aliphatic carbocycles. The number of hydrogen-bond donors (Lipinski definition) is 0. The van der Waals surface area contributed by atoms with Gasteiger partial charge in [-0.05, 0) is 49.6 Å². The topological polar surface area (TPSA) is 80.3 Å². The normalized spacial score (nSPS) is 16.7. The molecule has 172 valence electrons. The zero-order chi connectivity index (χ0) is 22.7. The maximum atomic E-state index is 13.4. The molecular weight excluding hydrogens is 452 g/mol. The molecule has 0 saturated carbocycles. The van der Waals surface area contributed by atoms with E-state index in [-0.39, 0.29) is 24.1 Å². The Labute approximate surface area is 195 Å². The van der Waals surface area contributed by atoms with Crippen molar-refractivity contribution in [3.05, 3.63) is 55.7 Å². The van der Waals surface area contributed by atoms with Crippen molar-refractivity contribution in [2.45, 2.75) is 50.2 Å². The van der Waals surface area contributed by atoms with E-state index in [1.807, 2.05) is 35.1 Å². The monoisotopic (exact) mass is 478 g/mol. The first-order chi connectivity index (χ1) is 15.5. The van der Waals surface area contributed by atoms with Gasteiger partial charge < -0.3 is 14.0 Å². The van der Waals surface area contributed by atoms with Gasteiger partial charge in [-0.25, -0.2) is 9.78 Å². The Morgan fingerprint density at radius 3 is 2.69 bits per heavy atom. The molecule has 1 unspecified atom stereocenters. The second kappa shape index (κ2) is 10.2. The number of rotatable bonds is 8. The molecule has 10 heteroatoms. The van der Waals surface area contributed by atoms with Gasteiger partial charge in [0, 0.05) is 25.2 Å². The van der Waals surface area contributed by atoms with Crippen LogP contribution in [-0.2, 0) is 29.6 Å². The SMILES string of the molecule is CSc1nc2c(c(=O)n(CCCOC3CCCCO3)c(=O)n2C)n1Cc1ccc(Cl)cc1. The first-order valence-electron chi connectivity index (χ1n) is 10.7. The summed E-state index contributed by atoms with van der Waals surface area (Å²) in [5, 5.41) is 1.33. The van der Waals surface area contributed by atoms with E-state index in [4.69, 9.17) is 21.1 Å². The zero-order valence-corrected chi connectivity index (χ0v) is 19.8. The molecule has 0 amide bonds. The molecule has 3 aromatic rings. The number of ether oxygens (including phenoxy) is 2. The van der Waals surface area contributed by atoms with Crippen LogP contribution in [0.5, 0.6) is 0 Å². The summed E-state index contributed by atoms with van der Waals surface area (Å²) in [6.07, 6.45) is 5.30. The predicted molar refractivity (Wildman–Crippen MR) is 126 cm³/mol. The third-order valence-corrected chi connectivity index (χ3v) is 6.53. The smallest absolute Gasteiger partial charge is 0.332 e. The van der Waals surface area contributed by atoms with Crippen LogP contribution in [0.1, 0.15) is 31.2 Å². The molecule has 0 radical (unpaired) electrons. The van der Waals surface area contributed by atoms with E-state index in [0.29, 0.717) is 40.9 Å². The number of halogens is 1. The highest BCUT2D eigenvalue weighted by Gasteiger charge is 2.20. The number of nitrogens with zero attached hydrogens (tertiary/aromatic N) is 4. The van der Waals surface area contributed by atoms with Crippen LogP contribution in [0.25, 0.3) is 11.2 Å². The number of aryl methyl sites for hydroxylation is 1. The quantitative estimate of drug-likeness (QED) is 0.365. The van der Waals surface area contributed by atoms with Gasteiger partial charge in [-0.15, -0.1) is 0 Å². The van der Waals surface area contributed by atoms with Crippen molar-refractivity contribution in [3.63, 3.8) is 0 Å². The number of aromatic nitrogens is 4. The van der Waals surface area contributed by atoms with Crippen molar-refractivity contribution in [2.24, 2.45) is 7.05 Å². The van der Waals surface area contributed by atoms with Gasteiger partial charge in [0.05, 0.1) is 13.2 Å². The number of benzene rings is 1. The Morgan fingerprint density at radius 1 is 1.22 bits per heavy atom. The summed E-state index contributed by atoms with van der Waals surface area (Å²) in [7, 11) is 1.65. The third kappa shape index (κ3) is 4.80. The van der Waals surface area contributed by atoms with Gasteiger partial charge in [0.1, 0.15) is 0 Å². The van der Waals surface area contributed by atoms with Gasteiger partial charge in [0.25, 0.3) is 5.56 Å². The van der Waals surface area contributed by atoms with Crippen LogP contribution in [0, 0.1) is 0 Å². The van der Waals surface area contributed by atoms with Crippen LogP contribution >= 0.6 is 23.4 Å². The minimum atomic E-state index is -0.375. The Bertz CT molecular complexity index is 1200. The maximum absolute atomic E-state index is 13.4. The standard InChI is InChI=1S/C22H27ClN4O4S/c1-25-19-18(27(21(24-19)32-2)14-15-7-9-16(23)10-8-15)20(28)26(22(25)29)11-5-13-31-17-6-3-4-12-30-17/h7-10,17H,3-6,11-14H2,1-2H3. The molecule has 1 atom stereocenters.